The van der Waals surface area contributed by atoms with Gasteiger partial charge in [-0.15, -0.1) is 0 Å². The molecule has 0 bridgehead atoms. The van der Waals surface area contributed by atoms with Gasteiger partial charge >= 0.3 is 0 Å². The van der Waals surface area contributed by atoms with Crippen LogP contribution in [0.2, 0.25) is 0 Å². The number of sulfonamides is 1. The first kappa shape index (κ1) is 16.7. The maximum atomic E-state index is 12.1. The van der Waals surface area contributed by atoms with Crippen LogP contribution in [0, 0.1) is 11.3 Å². The smallest absolute Gasteiger partial charge is 0.255 e. The fourth-order valence-corrected chi connectivity index (χ4v) is 2.63. The van der Waals surface area contributed by atoms with Crippen LogP contribution >= 0.6 is 0 Å². The fourth-order valence-electron chi connectivity index (χ4n) is 1.90. The summed E-state index contributed by atoms with van der Waals surface area (Å²) in [6.07, 6.45) is 0.315. The van der Waals surface area contributed by atoms with Crippen LogP contribution in [0.4, 0.5) is 5.69 Å². The molecule has 0 spiro atoms. The third-order valence-corrected chi connectivity index (χ3v) is 4.62. The van der Waals surface area contributed by atoms with Gasteiger partial charge < -0.3 is 5.32 Å². The SMILES string of the molecule is CNS(=O)(=O)c1ccc(C(=O)Nc2ccc(CC#N)cc2)cc1. The predicted octanol–water partition coefficient (Wildman–Crippen LogP) is 1.91. The van der Waals surface area contributed by atoms with Gasteiger partial charge in [0.25, 0.3) is 5.91 Å². The normalized spacial score (nSPS) is 10.8. The van der Waals surface area contributed by atoms with E-state index in [0.29, 0.717) is 17.7 Å². The van der Waals surface area contributed by atoms with E-state index < -0.39 is 10.0 Å². The lowest BCUT2D eigenvalue weighted by Gasteiger charge is -2.07. The van der Waals surface area contributed by atoms with Gasteiger partial charge in [0.1, 0.15) is 0 Å². The Morgan fingerprint density at radius 3 is 2.22 bits per heavy atom. The summed E-state index contributed by atoms with van der Waals surface area (Å²) < 4.78 is 25.5. The Morgan fingerprint density at radius 2 is 1.70 bits per heavy atom. The highest BCUT2D eigenvalue weighted by Crippen LogP contribution is 2.14. The molecule has 2 rings (SSSR count). The number of carbonyl (C=O) groups is 1. The van der Waals surface area contributed by atoms with Gasteiger partial charge in [0.15, 0.2) is 0 Å². The van der Waals surface area contributed by atoms with Gasteiger partial charge in [-0.3, -0.25) is 4.79 Å². The molecule has 0 saturated carbocycles. The Kier molecular flexibility index (Phi) is 5.11. The average Bonchev–Trinajstić information content (AvgIpc) is 2.57. The van der Waals surface area contributed by atoms with E-state index in [1.54, 1.807) is 24.3 Å². The largest absolute Gasteiger partial charge is 0.322 e. The molecule has 2 N–H and O–H groups in total. The molecule has 0 atom stereocenters. The molecule has 0 aliphatic rings. The lowest BCUT2D eigenvalue weighted by molar-refractivity contribution is 0.102. The summed E-state index contributed by atoms with van der Waals surface area (Å²) in [5.74, 6) is -0.341. The highest BCUT2D eigenvalue weighted by molar-refractivity contribution is 7.89. The highest BCUT2D eigenvalue weighted by atomic mass is 32.2. The molecule has 0 unspecified atom stereocenters. The monoisotopic (exact) mass is 329 g/mol. The van der Waals surface area contributed by atoms with Crippen LogP contribution in [-0.4, -0.2) is 21.4 Å². The number of anilines is 1. The van der Waals surface area contributed by atoms with Crippen LogP contribution in [0.1, 0.15) is 15.9 Å². The molecule has 7 heteroatoms. The van der Waals surface area contributed by atoms with E-state index >= 15 is 0 Å². The van der Waals surface area contributed by atoms with Crippen molar-refractivity contribution >= 4 is 21.6 Å². The Morgan fingerprint density at radius 1 is 1.09 bits per heavy atom. The zero-order chi connectivity index (χ0) is 16.9. The molecule has 2 aromatic carbocycles. The Labute approximate surface area is 134 Å². The van der Waals surface area contributed by atoms with Crippen molar-refractivity contribution in [2.45, 2.75) is 11.3 Å². The summed E-state index contributed by atoms with van der Waals surface area (Å²) in [6.45, 7) is 0. The average molecular weight is 329 g/mol. The molecule has 0 fully saturated rings. The molecule has 23 heavy (non-hydrogen) atoms. The minimum absolute atomic E-state index is 0.0948. The van der Waals surface area contributed by atoms with Crippen molar-refractivity contribution in [1.29, 1.82) is 5.26 Å². The number of rotatable bonds is 5. The predicted molar refractivity (Wildman–Crippen MR) is 86.4 cm³/mol. The number of nitriles is 1. The maximum absolute atomic E-state index is 12.1. The van der Waals surface area contributed by atoms with Crippen molar-refractivity contribution in [2.75, 3.05) is 12.4 Å². The number of carbonyl (C=O) groups excluding carboxylic acids is 1. The molecular formula is C16H15N3O3S. The summed E-state index contributed by atoms with van der Waals surface area (Å²) in [5.41, 5.74) is 1.82. The number of hydrogen-bond acceptors (Lipinski definition) is 4. The van der Waals surface area contributed by atoms with Crippen LogP contribution in [0.5, 0.6) is 0 Å². The molecule has 0 aromatic heterocycles. The quantitative estimate of drug-likeness (QED) is 0.875. The van der Waals surface area contributed by atoms with Crippen molar-refractivity contribution in [1.82, 2.24) is 4.72 Å². The summed E-state index contributed by atoms with van der Waals surface area (Å²) in [7, 11) is -2.19. The lowest BCUT2D eigenvalue weighted by atomic mass is 10.1. The lowest BCUT2D eigenvalue weighted by Crippen LogP contribution is -2.19. The zero-order valence-corrected chi connectivity index (χ0v) is 13.2. The van der Waals surface area contributed by atoms with Crippen LogP contribution in [0.25, 0.3) is 0 Å². The van der Waals surface area contributed by atoms with Gasteiger partial charge in [0.05, 0.1) is 17.4 Å². The number of hydrogen-bond donors (Lipinski definition) is 2. The van der Waals surface area contributed by atoms with Gasteiger partial charge in [-0.1, -0.05) is 12.1 Å². The number of nitrogens with zero attached hydrogens (tertiary/aromatic N) is 1. The van der Waals surface area contributed by atoms with Crippen LogP contribution in [0.15, 0.2) is 53.4 Å². The van der Waals surface area contributed by atoms with E-state index in [4.69, 9.17) is 5.26 Å². The summed E-state index contributed by atoms with van der Waals surface area (Å²) in [4.78, 5) is 12.2. The molecule has 0 heterocycles. The highest BCUT2D eigenvalue weighted by Gasteiger charge is 2.12. The van der Waals surface area contributed by atoms with Gasteiger partial charge in [-0.05, 0) is 49.0 Å². The van der Waals surface area contributed by atoms with Gasteiger partial charge in [-0.25, -0.2) is 13.1 Å². The summed E-state index contributed by atoms with van der Waals surface area (Å²) >= 11 is 0. The third kappa shape index (κ3) is 4.16. The topological polar surface area (TPSA) is 99.1 Å². The van der Waals surface area contributed by atoms with Crippen molar-refractivity contribution in [3.63, 3.8) is 0 Å². The van der Waals surface area contributed by atoms with E-state index in [-0.39, 0.29) is 10.8 Å². The number of nitrogens with one attached hydrogen (secondary N) is 2. The van der Waals surface area contributed by atoms with Gasteiger partial charge in [0, 0.05) is 11.3 Å². The molecular weight excluding hydrogens is 314 g/mol. The second kappa shape index (κ2) is 7.05. The number of amides is 1. The maximum Gasteiger partial charge on any atom is 0.255 e. The first-order valence-corrected chi connectivity index (χ1v) is 8.25. The van der Waals surface area contributed by atoms with E-state index in [1.807, 2.05) is 0 Å². The Balaban J connectivity index is 2.10. The van der Waals surface area contributed by atoms with E-state index in [0.717, 1.165) is 5.56 Å². The number of benzene rings is 2. The Bertz CT molecular complexity index is 836. The molecule has 0 aliphatic carbocycles. The zero-order valence-electron chi connectivity index (χ0n) is 12.4. The fraction of sp³-hybridized carbons (Fsp3) is 0.125. The van der Waals surface area contributed by atoms with Gasteiger partial charge in [0.2, 0.25) is 10.0 Å². The van der Waals surface area contributed by atoms with E-state index in [9.17, 15) is 13.2 Å². The summed E-state index contributed by atoms with van der Waals surface area (Å²) in [6, 6.07) is 14.6. The van der Waals surface area contributed by atoms with Crippen molar-refractivity contribution in [3.05, 3.63) is 59.7 Å². The van der Waals surface area contributed by atoms with Crippen molar-refractivity contribution in [2.24, 2.45) is 0 Å². The minimum atomic E-state index is -3.52. The van der Waals surface area contributed by atoms with Crippen LogP contribution in [-0.2, 0) is 16.4 Å². The van der Waals surface area contributed by atoms with E-state index in [1.165, 1.54) is 31.3 Å². The minimum Gasteiger partial charge on any atom is -0.322 e. The molecule has 118 valence electrons. The third-order valence-electron chi connectivity index (χ3n) is 3.19. The summed E-state index contributed by atoms with van der Waals surface area (Å²) in [5, 5.41) is 11.3. The van der Waals surface area contributed by atoms with Crippen molar-refractivity contribution < 1.29 is 13.2 Å². The van der Waals surface area contributed by atoms with Crippen molar-refractivity contribution in [3.8, 4) is 6.07 Å². The molecule has 2 aromatic rings. The molecule has 0 radical (unpaired) electrons. The molecule has 0 saturated heterocycles. The Hall–Kier alpha value is -2.69. The second-order valence-corrected chi connectivity index (χ2v) is 6.60. The van der Waals surface area contributed by atoms with Crippen LogP contribution in [0.3, 0.4) is 0 Å². The standard InChI is InChI=1S/C16H15N3O3S/c1-18-23(21,22)15-8-4-13(5-9-15)16(20)19-14-6-2-12(3-7-14)10-11-17/h2-9,18H,10H2,1H3,(H,19,20). The molecule has 1 amide bonds. The first-order chi connectivity index (χ1) is 11.0. The van der Waals surface area contributed by atoms with E-state index in [2.05, 4.69) is 16.1 Å². The molecule has 0 aliphatic heterocycles. The first-order valence-electron chi connectivity index (χ1n) is 6.77. The second-order valence-electron chi connectivity index (χ2n) is 4.72. The van der Waals surface area contributed by atoms with Gasteiger partial charge in [-0.2, -0.15) is 5.26 Å². The van der Waals surface area contributed by atoms with Crippen LogP contribution < -0.4 is 10.0 Å². The molecule has 6 nitrogen and oxygen atoms in total.